The molecule has 3 aromatic rings. The molecule has 0 N–H and O–H groups in total. The van der Waals surface area contributed by atoms with Crippen molar-refractivity contribution in [3.05, 3.63) is 88.2 Å². The van der Waals surface area contributed by atoms with Gasteiger partial charge < -0.3 is 14.1 Å². The second-order valence-electron chi connectivity index (χ2n) is 6.81. The first-order valence-corrected chi connectivity index (χ1v) is 9.33. The van der Waals surface area contributed by atoms with Gasteiger partial charge in [0, 0.05) is 37.4 Å². The summed E-state index contributed by atoms with van der Waals surface area (Å²) in [6.45, 7) is -0.0778. The van der Waals surface area contributed by atoms with Crippen LogP contribution in [0.15, 0.2) is 71.2 Å². The minimum Gasteiger partial charge on any atom is -0.484 e. The number of nitro groups is 1. The fourth-order valence-corrected chi connectivity index (χ4v) is 2.61. The summed E-state index contributed by atoms with van der Waals surface area (Å²) >= 11 is 0. The highest BCUT2D eigenvalue weighted by molar-refractivity contribution is 6.06. The Morgan fingerprint density at radius 1 is 1.10 bits per heavy atom. The lowest BCUT2D eigenvalue weighted by atomic mass is 10.1. The number of non-ortho nitro benzene ring substituents is 1. The molecular weight excluding hydrogens is 400 g/mol. The van der Waals surface area contributed by atoms with E-state index in [1.54, 1.807) is 62.6 Å². The van der Waals surface area contributed by atoms with E-state index in [2.05, 4.69) is 0 Å². The molecule has 3 rings (SSSR count). The normalized spacial score (nSPS) is 10.8. The minimum atomic E-state index is -0.470. The maximum Gasteiger partial charge on any atom is 0.270 e. The fraction of sp³-hybridized carbons (Fsp3) is 0.130. The van der Waals surface area contributed by atoms with Crippen LogP contribution >= 0.6 is 0 Å². The summed E-state index contributed by atoms with van der Waals surface area (Å²) in [5.74, 6) is 1.00. The Kier molecular flexibility index (Phi) is 6.61. The third-order valence-electron chi connectivity index (χ3n) is 4.37. The molecular formula is C23H20N2O6. The zero-order valence-corrected chi connectivity index (χ0v) is 17.0. The highest BCUT2D eigenvalue weighted by Crippen LogP contribution is 2.26. The number of furan rings is 1. The Bertz CT molecular complexity index is 1130. The zero-order valence-electron chi connectivity index (χ0n) is 17.0. The van der Waals surface area contributed by atoms with Crippen LogP contribution in [0.1, 0.15) is 16.1 Å². The predicted molar refractivity (Wildman–Crippen MR) is 115 cm³/mol. The third-order valence-corrected chi connectivity index (χ3v) is 4.37. The second kappa shape index (κ2) is 9.53. The number of ketones is 1. The van der Waals surface area contributed by atoms with Crippen molar-refractivity contribution in [2.75, 3.05) is 20.7 Å². The summed E-state index contributed by atoms with van der Waals surface area (Å²) in [5.41, 5.74) is 0.996. The van der Waals surface area contributed by atoms with Gasteiger partial charge in [0.25, 0.3) is 11.6 Å². The van der Waals surface area contributed by atoms with E-state index in [-0.39, 0.29) is 24.0 Å². The number of likely N-dealkylation sites (N-methyl/N-ethyl adjacent to an activating group) is 1. The van der Waals surface area contributed by atoms with Gasteiger partial charge in [0.1, 0.15) is 17.3 Å². The van der Waals surface area contributed by atoms with E-state index in [1.807, 2.05) is 0 Å². The van der Waals surface area contributed by atoms with E-state index >= 15 is 0 Å². The molecule has 0 unspecified atom stereocenters. The highest BCUT2D eigenvalue weighted by Gasteiger charge is 2.10. The maximum absolute atomic E-state index is 12.4. The average molecular weight is 420 g/mol. The summed E-state index contributed by atoms with van der Waals surface area (Å²) in [7, 11) is 3.29. The number of hydrogen-bond donors (Lipinski definition) is 0. The number of allylic oxidation sites excluding steroid dienone is 1. The van der Waals surface area contributed by atoms with Crippen LogP contribution in [0.3, 0.4) is 0 Å². The molecule has 158 valence electrons. The van der Waals surface area contributed by atoms with Crippen molar-refractivity contribution < 1.29 is 23.7 Å². The van der Waals surface area contributed by atoms with Crippen molar-refractivity contribution in [1.29, 1.82) is 0 Å². The smallest absolute Gasteiger partial charge is 0.270 e. The van der Waals surface area contributed by atoms with Crippen molar-refractivity contribution in [3.8, 4) is 17.1 Å². The monoisotopic (exact) mass is 420 g/mol. The van der Waals surface area contributed by atoms with Crippen molar-refractivity contribution in [1.82, 2.24) is 4.90 Å². The van der Waals surface area contributed by atoms with E-state index in [1.165, 1.54) is 29.2 Å². The molecule has 31 heavy (non-hydrogen) atoms. The molecule has 0 fully saturated rings. The Morgan fingerprint density at radius 3 is 2.52 bits per heavy atom. The van der Waals surface area contributed by atoms with Crippen molar-refractivity contribution in [2.24, 2.45) is 0 Å². The molecule has 0 spiro atoms. The Balaban J connectivity index is 1.63. The molecule has 0 aliphatic heterocycles. The number of hydrogen-bond acceptors (Lipinski definition) is 6. The van der Waals surface area contributed by atoms with Crippen molar-refractivity contribution in [2.45, 2.75) is 0 Å². The minimum absolute atomic E-state index is 0.0281. The van der Waals surface area contributed by atoms with Gasteiger partial charge in [-0.3, -0.25) is 19.7 Å². The predicted octanol–water partition coefficient (Wildman–Crippen LogP) is 4.22. The van der Waals surface area contributed by atoms with Crippen molar-refractivity contribution in [3.63, 3.8) is 0 Å². The van der Waals surface area contributed by atoms with Gasteiger partial charge >= 0.3 is 0 Å². The number of rotatable bonds is 8. The molecule has 8 nitrogen and oxygen atoms in total. The molecule has 1 heterocycles. The van der Waals surface area contributed by atoms with Crippen LogP contribution in [0.5, 0.6) is 5.75 Å². The van der Waals surface area contributed by atoms with Gasteiger partial charge in [-0.05, 0) is 48.6 Å². The van der Waals surface area contributed by atoms with Crippen LogP contribution in [0, 0.1) is 10.1 Å². The molecule has 0 saturated heterocycles. The zero-order chi connectivity index (χ0) is 22.4. The molecule has 8 heteroatoms. The van der Waals surface area contributed by atoms with E-state index < -0.39 is 4.92 Å². The molecule has 0 aliphatic rings. The molecule has 0 atom stereocenters. The molecule has 0 bridgehead atoms. The molecule has 0 aliphatic carbocycles. The lowest BCUT2D eigenvalue weighted by Crippen LogP contribution is -2.27. The van der Waals surface area contributed by atoms with Gasteiger partial charge in [-0.15, -0.1) is 0 Å². The van der Waals surface area contributed by atoms with Gasteiger partial charge in [0.05, 0.1) is 4.92 Å². The Labute approximate surface area is 178 Å². The number of ether oxygens (including phenoxy) is 1. The molecule has 0 saturated carbocycles. The maximum atomic E-state index is 12.4. The van der Waals surface area contributed by atoms with Crippen molar-refractivity contribution >= 4 is 23.5 Å². The first-order valence-electron chi connectivity index (χ1n) is 9.33. The average Bonchev–Trinajstić information content (AvgIpc) is 3.25. The first kappa shape index (κ1) is 21.5. The van der Waals surface area contributed by atoms with Crippen LogP contribution < -0.4 is 4.74 Å². The number of nitro benzene ring substituents is 1. The summed E-state index contributed by atoms with van der Waals surface area (Å²) in [6, 6.07) is 15.9. The lowest BCUT2D eigenvalue weighted by Gasteiger charge is -2.11. The van der Waals surface area contributed by atoms with Crippen LogP contribution in [0.4, 0.5) is 5.69 Å². The molecule has 0 radical (unpaired) electrons. The molecule has 1 amide bonds. The van der Waals surface area contributed by atoms with E-state index in [9.17, 15) is 19.7 Å². The summed E-state index contributed by atoms with van der Waals surface area (Å²) in [4.78, 5) is 35.8. The topological polar surface area (TPSA) is 103 Å². The number of benzene rings is 2. The number of carbonyl (C=O) groups is 2. The van der Waals surface area contributed by atoms with Crippen LogP contribution in [0.2, 0.25) is 0 Å². The van der Waals surface area contributed by atoms with Gasteiger partial charge in [0.2, 0.25) is 0 Å². The lowest BCUT2D eigenvalue weighted by molar-refractivity contribution is -0.384. The summed E-state index contributed by atoms with van der Waals surface area (Å²) in [5, 5.41) is 10.9. The number of amides is 1. The van der Waals surface area contributed by atoms with Crippen LogP contribution in [0.25, 0.3) is 17.4 Å². The van der Waals surface area contributed by atoms with E-state index in [0.29, 0.717) is 28.4 Å². The van der Waals surface area contributed by atoms with Crippen LogP contribution in [-0.2, 0) is 4.79 Å². The fourth-order valence-electron chi connectivity index (χ4n) is 2.61. The van der Waals surface area contributed by atoms with E-state index in [4.69, 9.17) is 9.15 Å². The van der Waals surface area contributed by atoms with Crippen LogP contribution in [-0.4, -0.2) is 42.2 Å². The van der Waals surface area contributed by atoms with Gasteiger partial charge in [-0.1, -0.05) is 12.1 Å². The standard InChI is InChI=1S/C23H20N2O6/c1-24(2)23(27)15-30-19-8-6-16(7-9-19)21(26)12-10-20-11-13-22(31-20)17-4-3-5-18(14-17)25(28)29/h3-14H,15H2,1-2H3/b12-10+. The number of carbonyl (C=O) groups excluding carboxylic acids is 2. The SMILES string of the molecule is CN(C)C(=O)COc1ccc(C(=O)/C=C/c2ccc(-c3cccc([N+](=O)[O-])c3)o2)cc1. The van der Waals surface area contributed by atoms with Gasteiger partial charge in [0.15, 0.2) is 12.4 Å². The highest BCUT2D eigenvalue weighted by atomic mass is 16.6. The second-order valence-corrected chi connectivity index (χ2v) is 6.81. The van der Waals surface area contributed by atoms with Gasteiger partial charge in [-0.25, -0.2) is 0 Å². The van der Waals surface area contributed by atoms with E-state index in [0.717, 1.165) is 0 Å². The molecule has 2 aromatic carbocycles. The number of nitrogens with zero attached hydrogens (tertiary/aromatic N) is 2. The Morgan fingerprint density at radius 2 is 1.84 bits per heavy atom. The first-order chi connectivity index (χ1) is 14.8. The third kappa shape index (κ3) is 5.66. The molecule has 1 aromatic heterocycles. The quantitative estimate of drug-likeness (QED) is 0.234. The summed E-state index contributed by atoms with van der Waals surface area (Å²) < 4.78 is 11.0. The largest absolute Gasteiger partial charge is 0.484 e. The Hall–Kier alpha value is -4.20. The van der Waals surface area contributed by atoms with Gasteiger partial charge in [-0.2, -0.15) is 0 Å². The summed E-state index contributed by atoms with van der Waals surface area (Å²) in [6.07, 6.45) is 2.91.